The van der Waals surface area contributed by atoms with Gasteiger partial charge in [-0.25, -0.2) is 4.39 Å². The molecule has 1 aliphatic rings. The molecule has 0 aromatic heterocycles. The third-order valence-corrected chi connectivity index (χ3v) is 5.13. The van der Waals surface area contributed by atoms with E-state index in [1.807, 2.05) is 0 Å². The molecule has 0 bridgehead atoms. The summed E-state index contributed by atoms with van der Waals surface area (Å²) >= 11 is 5.92. The fourth-order valence-electron chi connectivity index (χ4n) is 3.42. The molecule has 27 heavy (non-hydrogen) atoms. The largest absolute Gasteiger partial charge is 1.00 e. The maximum Gasteiger partial charge on any atom is 0.154 e. The molecule has 2 aromatic carbocycles. The second-order valence-electron chi connectivity index (χ2n) is 6.52. The lowest BCUT2D eigenvalue weighted by atomic mass is 9.81. The minimum atomic E-state index is -2.84. The van der Waals surface area contributed by atoms with Gasteiger partial charge < -0.3 is 21.6 Å². The summed E-state index contributed by atoms with van der Waals surface area (Å²) in [7, 11) is 0. The van der Waals surface area contributed by atoms with Crippen LogP contribution in [0.1, 0.15) is 43.3 Å². The van der Waals surface area contributed by atoms with Gasteiger partial charge in [-0.2, -0.15) is 5.26 Å². The van der Waals surface area contributed by atoms with Gasteiger partial charge in [0.05, 0.1) is 47.0 Å². The van der Waals surface area contributed by atoms with Gasteiger partial charge in [0, 0.05) is 0 Å². The number of nitrogens with zero attached hydrogens (tertiary/aromatic N) is 2. The van der Waals surface area contributed by atoms with Crippen molar-refractivity contribution < 1.29 is 34.2 Å². The first-order valence-corrected chi connectivity index (χ1v) is 8.80. The Morgan fingerprint density at radius 2 is 2.04 bits per heavy atom. The van der Waals surface area contributed by atoms with Crippen LogP contribution in [0, 0.1) is 17.1 Å². The van der Waals surface area contributed by atoms with Gasteiger partial charge in [0.15, 0.2) is 6.00 Å². The van der Waals surface area contributed by atoms with Crippen LogP contribution in [0.5, 0.6) is 0 Å². The van der Waals surface area contributed by atoms with E-state index >= 15 is 0 Å². The molecule has 144 valence electrons. The van der Waals surface area contributed by atoms with Crippen LogP contribution < -0.4 is 12.4 Å². The lowest BCUT2D eigenvalue weighted by Gasteiger charge is -2.33. The fraction of sp³-hybridized carbons (Fsp3) is 0.381. The summed E-state index contributed by atoms with van der Waals surface area (Å²) in [6, 6.07) is 12.5. The van der Waals surface area contributed by atoms with E-state index in [4.69, 9.17) is 24.6 Å². The monoisotopic (exact) mass is 414 g/mol. The van der Waals surface area contributed by atoms with Gasteiger partial charge in [0.25, 0.3) is 0 Å². The highest BCUT2D eigenvalue weighted by molar-refractivity contribution is 6.16. The van der Waals surface area contributed by atoms with E-state index in [0.29, 0.717) is 11.1 Å². The number of alkyl halides is 1. The summed E-state index contributed by atoms with van der Waals surface area (Å²) < 4.78 is 65.6. The summed E-state index contributed by atoms with van der Waals surface area (Å²) in [6.45, 7) is -5.69. The zero-order chi connectivity index (χ0) is 23.8. The Balaban J connectivity index is 0.00000385. The molecule has 6 heteroatoms. The molecule has 0 saturated heterocycles. The summed E-state index contributed by atoms with van der Waals surface area (Å²) in [6.07, 6.45) is 0.418. The molecule has 0 aliphatic carbocycles. The fourth-order valence-corrected chi connectivity index (χ4v) is 3.54. The summed E-state index contributed by atoms with van der Waals surface area (Å²) in [4.78, 5) is 0. The molecule has 1 unspecified atom stereocenters. The van der Waals surface area contributed by atoms with E-state index < -0.39 is 35.9 Å². The smallest absolute Gasteiger partial charge is 0.154 e. The molecule has 2 aromatic rings. The predicted octanol–water partition coefficient (Wildman–Crippen LogP) is 1.53. The molecule has 3 nitrogen and oxygen atoms in total. The Morgan fingerprint density at radius 3 is 2.67 bits per heavy atom. The molecular weight excluding hydrogens is 386 g/mol. The number of nitriles is 1. The Bertz CT molecular complexity index is 1010. The molecule has 3 rings (SSSR count). The van der Waals surface area contributed by atoms with Crippen molar-refractivity contribution in [2.24, 2.45) is 0 Å². The number of quaternary nitrogens is 1. The van der Waals surface area contributed by atoms with Crippen molar-refractivity contribution in [1.82, 2.24) is 0 Å². The van der Waals surface area contributed by atoms with Crippen molar-refractivity contribution in [2.75, 3.05) is 26.5 Å². The van der Waals surface area contributed by atoms with Crippen LogP contribution >= 0.6 is 11.6 Å². The van der Waals surface area contributed by atoms with Crippen LogP contribution in [0.4, 0.5) is 4.39 Å². The zero-order valence-corrected chi connectivity index (χ0v) is 16.0. The zero-order valence-electron chi connectivity index (χ0n) is 20.5. The van der Waals surface area contributed by atoms with Crippen molar-refractivity contribution in [2.45, 2.75) is 25.0 Å². The van der Waals surface area contributed by atoms with Crippen molar-refractivity contribution in [3.05, 3.63) is 70.5 Å². The molecule has 1 heterocycles. The van der Waals surface area contributed by atoms with E-state index in [9.17, 15) is 9.65 Å². The predicted molar refractivity (Wildman–Crippen MR) is 100 cm³/mol. The number of hydrogen-bond acceptors (Lipinski definition) is 2. The normalized spacial score (nSPS) is 22.7. The number of hydrogen-bond donors (Lipinski definition) is 0. The second kappa shape index (κ2) is 8.58. The maximum atomic E-state index is 13.6. The van der Waals surface area contributed by atoms with Gasteiger partial charge >= 0.3 is 0 Å². The number of rotatable bonds is 6. The highest BCUT2D eigenvalue weighted by Crippen LogP contribution is 2.45. The van der Waals surface area contributed by atoms with Crippen LogP contribution in [-0.2, 0) is 16.9 Å². The molecule has 1 aliphatic heterocycles. The highest BCUT2D eigenvalue weighted by Gasteiger charge is 2.41. The topological polar surface area (TPSA) is 33.0 Å². The van der Waals surface area contributed by atoms with E-state index in [1.54, 1.807) is 30.3 Å². The van der Waals surface area contributed by atoms with E-state index in [-0.39, 0.29) is 38.4 Å². The number of halogens is 3. The number of fused-ring (bicyclic) bond motifs is 1. The Kier molecular flexibility index (Phi) is 4.57. The Hall–Kier alpha value is -1.64. The summed E-state index contributed by atoms with van der Waals surface area (Å²) in [5.41, 5.74) is 1.70. The Morgan fingerprint density at radius 1 is 1.30 bits per heavy atom. The van der Waals surface area contributed by atoms with Gasteiger partial charge in [0.1, 0.15) is 11.4 Å². The van der Waals surface area contributed by atoms with E-state index in [1.165, 1.54) is 12.1 Å². The standard InChI is InChI=1S/C21H23ClFN2O.ClH/c1-25(2,15-22)11-3-10-21(18-5-7-19(23)8-6-18)20-9-4-16(13-24)12-17(20)14-26-21;/h4-9,12H,3,10-11,14-15H2,1-2H3;1H/q+1;/p-1/i1D3,2D3;. The second-order valence-corrected chi connectivity index (χ2v) is 6.76. The van der Waals surface area contributed by atoms with Crippen molar-refractivity contribution in [3.63, 3.8) is 0 Å². The Labute approximate surface area is 179 Å². The first-order chi connectivity index (χ1) is 14.9. The van der Waals surface area contributed by atoms with Gasteiger partial charge in [-0.15, -0.1) is 0 Å². The van der Waals surface area contributed by atoms with Gasteiger partial charge in [-0.3, -0.25) is 0 Å². The SMILES string of the molecule is [2H]C([2H])([2H])[N+](CCl)(CCCC1(c2ccc(F)cc2)OCc2cc(C#N)ccc21)C([2H])([2H])[2H].[Cl-]. The van der Waals surface area contributed by atoms with E-state index in [2.05, 4.69) is 6.07 Å². The first-order valence-electron chi connectivity index (χ1n) is 11.3. The molecule has 0 amide bonds. The average Bonchev–Trinajstić information content (AvgIpc) is 3.08. The van der Waals surface area contributed by atoms with Crippen molar-refractivity contribution in [3.8, 4) is 6.07 Å². The highest BCUT2D eigenvalue weighted by atomic mass is 35.5. The average molecular weight is 415 g/mol. The minimum Gasteiger partial charge on any atom is -1.00 e. The van der Waals surface area contributed by atoms with Crippen LogP contribution in [0.3, 0.4) is 0 Å². The summed E-state index contributed by atoms with van der Waals surface area (Å²) in [5.74, 6) is -0.412. The molecule has 0 N–H and O–H groups in total. The van der Waals surface area contributed by atoms with Gasteiger partial charge in [-0.1, -0.05) is 29.8 Å². The van der Waals surface area contributed by atoms with Crippen molar-refractivity contribution >= 4 is 11.6 Å². The number of ether oxygens (including phenoxy) is 1. The summed E-state index contributed by atoms with van der Waals surface area (Å²) in [5, 5.41) is 9.20. The molecule has 0 saturated carbocycles. The van der Waals surface area contributed by atoms with Gasteiger partial charge in [0.2, 0.25) is 0 Å². The maximum absolute atomic E-state index is 13.6. The third-order valence-electron chi connectivity index (χ3n) is 4.73. The van der Waals surface area contributed by atoms with Crippen LogP contribution in [-0.4, -0.2) is 31.0 Å². The van der Waals surface area contributed by atoms with Crippen LogP contribution in [0.2, 0.25) is 0 Å². The molecule has 0 radical (unpaired) electrons. The quantitative estimate of drug-likeness (QED) is 0.407. The lowest BCUT2D eigenvalue weighted by molar-refractivity contribution is -0.879. The molecule has 1 atom stereocenters. The molecule has 0 spiro atoms. The number of benzene rings is 2. The lowest BCUT2D eigenvalue weighted by Crippen LogP contribution is -3.00. The molecule has 0 fully saturated rings. The first kappa shape index (κ1) is 14.4. The van der Waals surface area contributed by atoms with Gasteiger partial charge in [-0.05, 0) is 53.8 Å². The van der Waals surface area contributed by atoms with Crippen LogP contribution in [0.25, 0.3) is 0 Å². The molecular formula is C21H23Cl2FN2O. The third kappa shape index (κ3) is 4.44. The minimum absolute atomic E-state index is 0. The van der Waals surface area contributed by atoms with Crippen LogP contribution in [0.15, 0.2) is 42.5 Å². The van der Waals surface area contributed by atoms with Crippen molar-refractivity contribution in [1.29, 1.82) is 5.26 Å². The van der Waals surface area contributed by atoms with E-state index in [0.717, 1.165) is 11.1 Å².